The molecule has 1 atom stereocenters. The molecule has 0 saturated carbocycles. The van der Waals surface area contributed by atoms with Crippen molar-refractivity contribution in [3.8, 4) is 5.75 Å². The Bertz CT molecular complexity index is 636. The fourth-order valence-electron chi connectivity index (χ4n) is 2.23. The normalized spacial score (nSPS) is 12.2. The van der Waals surface area contributed by atoms with Gasteiger partial charge in [0.2, 0.25) is 0 Å². The van der Waals surface area contributed by atoms with Crippen molar-refractivity contribution >= 4 is 27.5 Å². The van der Waals surface area contributed by atoms with E-state index < -0.39 is 0 Å². The van der Waals surface area contributed by atoms with Crippen molar-refractivity contribution in [1.29, 1.82) is 0 Å². The zero-order chi connectivity index (χ0) is 15.4. The van der Waals surface area contributed by atoms with E-state index in [1.807, 2.05) is 31.3 Å². The monoisotopic (exact) mass is 371 g/mol. The topological polar surface area (TPSA) is 21.3 Å². The highest BCUT2D eigenvalue weighted by atomic mass is 79.9. The van der Waals surface area contributed by atoms with Gasteiger partial charge < -0.3 is 10.1 Å². The predicted molar refractivity (Wildman–Crippen MR) is 87.6 cm³/mol. The van der Waals surface area contributed by atoms with E-state index in [0.717, 1.165) is 15.6 Å². The van der Waals surface area contributed by atoms with E-state index in [1.165, 1.54) is 13.2 Å². The second-order valence-corrected chi connectivity index (χ2v) is 5.89. The van der Waals surface area contributed by atoms with Gasteiger partial charge in [0.05, 0.1) is 12.1 Å². The van der Waals surface area contributed by atoms with Crippen molar-refractivity contribution in [3.05, 3.63) is 62.8 Å². The van der Waals surface area contributed by atoms with Crippen molar-refractivity contribution < 1.29 is 9.13 Å². The molecule has 0 aliphatic carbocycles. The van der Waals surface area contributed by atoms with E-state index in [9.17, 15) is 4.39 Å². The highest BCUT2D eigenvalue weighted by Gasteiger charge is 2.16. The summed E-state index contributed by atoms with van der Waals surface area (Å²) in [4.78, 5) is 0. The smallest absolute Gasteiger partial charge is 0.165 e. The number of halogens is 3. The average molecular weight is 373 g/mol. The predicted octanol–water partition coefficient (Wildman–Crippen LogP) is 4.75. The maximum atomic E-state index is 13.8. The Hall–Kier alpha value is -1.10. The molecular formula is C16H16BrClFNO. The number of likely N-dealkylation sites (N-methyl/N-ethyl adjacent to an activating group) is 1. The van der Waals surface area contributed by atoms with Crippen LogP contribution in [-0.4, -0.2) is 14.2 Å². The summed E-state index contributed by atoms with van der Waals surface area (Å²) in [5.41, 5.74) is 1.86. The van der Waals surface area contributed by atoms with Gasteiger partial charge in [0.15, 0.2) is 11.6 Å². The lowest BCUT2D eigenvalue weighted by molar-refractivity contribution is 0.386. The molecule has 1 N–H and O–H groups in total. The van der Waals surface area contributed by atoms with Crippen LogP contribution in [0.5, 0.6) is 5.75 Å². The largest absolute Gasteiger partial charge is 0.494 e. The molecule has 112 valence electrons. The summed E-state index contributed by atoms with van der Waals surface area (Å²) in [7, 11) is 3.32. The molecule has 0 aromatic heterocycles. The number of nitrogens with one attached hydrogen (secondary N) is 1. The van der Waals surface area contributed by atoms with Crippen molar-refractivity contribution in [2.45, 2.75) is 12.5 Å². The van der Waals surface area contributed by atoms with Gasteiger partial charge >= 0.3 is 0 Å². The van der Waals surface area contributed by atoms with Gasteiger partial charge in [0, 0.05) is 10.5 Å². The van der Waals surface area contributed by atoms with E-state index in [1.54, 1.807) is 6.07 Å². The number of rotatable bonds is 5. The summed E-state index contributed by atoms with van der Waals surface area (Å²) in [6.45, 7) is 0. The van der Waals surface area contributed by atoms with Gasteiger partial charge in [-0.3, -0.25) is 0 Å². The quantitative estimate of drug-likeness (QED) is 0.817. The first kappa shape index (κ1) is 16.3. The Morgan fingerprint density at radius 3 is 2.71 bits per heavy atom. The van der Waals surface area contributed by atoms with Gasteiger partial charge in [-0.15, -0.1) is 0 Å². The first-order valence-electron chi connectivity index (χ1n) is 6.50. The molecule has 2 aromatic rings. The Kier molecular flexibility index (Phi) is 5.62. The molecule has 0 bridgehead atoms. The Morgan fingerprint density at radius 1 is 1.33 bits per heavy atom. The van der Waals surface area contributed by atoms with Crippen molar-refractivity contribution in [2.75, 3.05) is 14.2 Å². The highest BCUT2D eigenvalue weighted by molar-refractivity contribution is 9.10. The number of hydrogen-bond acceptors (Lipinski definition) is 2. The fraction of sp³-hybridized carbons (Fsp3) is 0.250. The van der Waals surface area contributed by atoms with E-state index in [2.05, 4.69) is 21.2 Å². The minimum atomic E-state index is -0.356. The van der Waals surface area contributed by atoms with Gasteiger partial charge in [0.1, 0.15) is 0 Å². The SMILES string of the molecule is CNC(Cc1ccc(OC)c(F)c1)c1cccc(Br)c1Cl. The average Bonchev–Trinajstić information content (AvgIpc) is 2.48. The third-order valence-corrected chi connectivity index (χ3v) is 4.67. The molecule has 0 aliphatic heterocycles. The molecule has 5 heteroatoms. The maximum absolute atomic E-state index is 13.8. The van der Waals surface area contributed by atoms with Gasteiger partial charge in [-0.2, -0.15) is 0 Å². The molecular weight excluding hydrogens is 357 g/mol. The number of benzene rings is 2. The maximum Gasteiger partial charge on any atom is 0.165 e. The van der Waals surface area contributed by atoms with Crippen LogP contribution in [-0.2, 0) is 6.42 Å². The zero-order valence-electron chi connectivity index (χ0n) is 11.8. The second-order valence-electron chi connectivity index (χ2n) is 4.66. The molecule has 0 heterocycles. The molecule has 2 nitrogen and oxygen atoms in total. The van der Waals surface area contributed by atoms with Crippen molar-refractivity contribution in [2.24, 2.45) is 0 Å². The van der Waals surface area contributed by atoms with Crippen molar-refractivity contribution in [3.63, 3.8) is 0 Å². The van der Waals surface area contributed by atoms with Crippen LogP contribution in [0.2, 0.25) is 5.02 Å². The lowest BCUT2D eigenvalue weighted by Gasteiger charge is -2.19. The first-order valence-corrected chi connectivity index (χ1v) is 7.67. The van der Waals surface area contributed by atoms with Crippen LogP contribution >= 0.6 is 27.5 Å². The van der Waals surface area contributed by atoms with Gasteiger partial charge in [-0.1, -0.05) is 29.8 Å². The first-order chi connectivity index (χ1) is 10.1. The molecule has 0 aliphatic rings. The van der Waals surface area contributed by atoms with Crippen molar-refractivity contribution in [1.82, 2.24) is 5.32 Å². The van der Waals surface area contributed by atoms with Crippen LogP contribution in [0, 0.1) is 5.82 Å². The molecule has 21 heavy (non-hydrogen) atoms. The second kappa shape index (κ2) is 7.25. The Balaban J connectivity index is 2.27. The van der Waals surface area contributed by atoms with E-state index >= 15 is 0 Å². The summed E-state index contributed by atoms with van der Waals surface area (Å²) >= 11 is 9.75. The van der Waals surface area contributed by atoms with Gasteiger partial charge in [0.25, 0.3) is 0 Å². The molecule has 0 radical (unpaired) electrons. The molecule has 2 aromatic carbocycles. The lowest BCUT2D eigenvalue weighted by atomic mass is 9.99. The lowest BCUT2D eigenvalue weighted by Crippen LogP contribution is -2.19. The van der Waals surface area contributed by atoms with Crippen LogP contribution in [0.25, 0.3) is 0 Å². The number of ether oxygens (including phenoxy) is 1. The Labute approximate surface area is 137 Å². The molecule has 0 fully saturated rings. The van der Waals surface area contributed by atoms with Crippen LogP contribution in [0.15, 0.2) is 40.9 Å². The van der Waals surface area contributed by atoms with Crippen LogP contribution in [0.4, 0.5) is 4.39 Å². The van der Waals surface area contributed by atoms with Crippen LogP contribution < -0.4 is 10.1 Å². The molecule has 0 saturated heterocycles. The zero-order valence-corrected chi connectivity index (χ0v) is 14.1. The third kappa shape index (κ3) is 3.76. The van der Waals surface area contributed by atoms with Gasteiger partial charge in [-0.05, 0) is 58.7 Å². The minimum absolute atomic E-state index is 0.00259. The van der Waals surface area contributed by atoms with Gasteiger partial charge in [-0.25, -0.2) is 4.39 Å². The summed E-state index contributed by atoms with van der Waals surface area (Å²) in [6, 6.07) is 10.8. The number of methoxy groups -OCH3 is 1. The summed E-state index contributed by atoms with van der Waals surface area (Å²) in [6.07, 6.45) is 0.633. The van der Waals surface area contributed by atoms with Crippen LogP contribution in [0.1, 0.15) is 17.2 Å². The molecule has 0 spiro atoms. The fourth-order valence-corrected chi connectivity index (χ4v) is 2.87. The molecule has 0 amide bonds. The van der Waals surface area contributed by atoms with E-state index in [0.29, 0.717) is 11.4 Å². The van der Waals surface area contributed by atoms with E-state index in [4.69, 9.17) is 16.3 Å². The summed E-state index contributed by atoms with van der Waals surface area (Å²) < 4.78 is 19.6. The van der Waals surface area contributed by atoms with Crippen LogP contribution in [0.3, 0.4) is 0 Å². The highest BCUT2D eigenvalue weighted by Crippen LogP contribution is 2.32. The molecule has 1 unspecified atom stereocenters. The minimum Gasteiger partial charge on any atom is -0.494 e. The standard InChI is InChI=1S/C16H16BrClFNO/c1-20-14(11-4-3-5-12(17)16(11)18)9-10-6-7-15(21-2)13(19)8-10/h3-8,14,20H,9H2,1-2H3. The molecule has 2 rings (SSSR count). The number of hydrogen-bond donors (Lipinski definition) is 1. The van der Waals surface area contributed by atoms with E-state index in [-0.39, 0.29) is 17.6 Å². The Morgan fingerprint density at radius 2 is 2.10 bits per heavy atom. The summed E-state index contributed by atoms with van der Waals surface area (Å²) in [5, 5.41) is 3.90. The summed E-state index contributed by atoms with van der Waals surface area (Å²) in [5.74, 6) is -0.106. The third-order valence-electron chi connectivity index (χ3n) is 3.36.